The summed E-state index contributed by atoms with van der Waals surface area (Å²) in [4.78, 5) is 20.8. The molecule has 5 aromatic rings. The van der Waals surface area contributed by atoms with Gasteiger partial charge in [0.25, 0.3) is 0 Å². The number of nitrogens with one attached hydrogen (secondary N) is 1. The molecule has 8 heteroatoms. The highest BCUT2D eigenvalue weighted by molar-refractivity contribution is 5.84. The molecule has 0 fully saturated rings. The molecule has 0 bridgehead atoms. The SMILES string of the molecule is Cc1cc(-c2ncc(CNc3ncnc(-c4ccc5ncccc5c4)c3F)cc2F)ccn1. The van der Waals surface area contributed by atoms with Crippen molar-refractivity contribution in [2.45, 2.75) is 13.5 Å². The van der Waals surface area contributed by atoms with Gasteiger partial charge in [-0.05, 0) is 48.9 Å². The molecule has 1 N–H and O–H groups in total. The molecule has 0 saturated heterocycles. The summed E-state index contributed by atoms with van der Waals surface area (Å²) in [5.74, 6) is -1.02. The van der Waals surface area contributed by atoms with Gasteiger partial charge < -0.3 is 5.32 Å². The van der Waals surface area contributed by atoms with Crippen LogP contribution in [0.4, 0.5) is 14.6 Å². The Labute approximate surface area is 188 Å². The third-order valence-electron chi connectivity index (χ3n) is 5.19. The number of rotatable bonds is 5. The molecule has 4 heterocycles. The lowest BCUT2D eigenvalue weighted by atomic mass is 10.1. The van der Waals surface area contributed by atoms with Crippen LogP contribution in [0.15, 0.2) is 73.4 Å². The summed E-state index contributed by atoms with van der Waals surface area (Å²) >= 11 is 0. The molecule has 162 valence electrons. The quantitative estimate of drug-likeness (QED) is 0.397. The summed E-state index contributed by atoms with van der Waals surface area (Å²) in [7, 11) is 0. The topological polar surface area (TPSA) is 76.5 Å². The van der Waals surface area contributed by atoms with Gasteiger partial charge in [-0.1, -0.05) is 12.1 Å². The van der Waals surface area contributed by atoms with Crippen molar-refractivity contribution >= 4 is 16.7 Å². The van der Waals surface area contributed by atoms with E-state index in [-0.39, 0.29) is 23.8 Å². The highest BCUT2D eigenvalue weighted by Gasteiger charge is 2.14. The third kappa shape index (κ3) is 4.23. The Kier molecular flexibility index (Phi) is 5.40. The number of benzene rings is 1. The number of fused-ring (bicyclic) bond motifs is 1. The molecule has 0 unspecified atom stereocenters. The Morgan fingerprint density at radius 2 is 1.70 bits per heavy atom. The second kappa shape index (κ2) is 8.66. The Morgan fingerprint density at radius 3 is 2.55 bits per heavy atom. The lowest BCUT2D eigenvalue weighted by Crippen LogP contribution is -2.06. The minimum atomic E-state index is -0.585. The van der Waals surface area contributed by atoms with Crippen molar-refractivity contribution in [3.63, 3.8) is 0 Å². The van der Waals surface area contributed by atoms with Gasteiger partial charge >= 0.3 is 0 Å². The van der Waals surface area contributed by atoms with Crippen LogP contribution in [0.25, 0.3) is 33.4 Å². The van der Waals surface area contributed by atoms with Crippen LogP contribution >= 0.6 is 0 Å². The second-order valence-electron chi connectivity index (χ2n) is 7.51. The fraction of sp³-hybridized carbons (Fsp3) is 0.0800. The van der Waals surface area contributed by atoms with E-state index in [0.29, 0.717) is 16.7 Å². The maximum Gasteiger partial charge on any atom is 0.191 e. The number of hydrogen-bond acceptors (Lipinski definition) is 6. The molecule has 1 aromatic carbocycles. The molecular formula is C25H18F2N6. The first-order chi connectivity index (χ1) is 16.1. The molecule has 5 rings (SSSR count). The second-order valence-corrected chi connectivity index (χ2v) is 7.51. The van der Waals surface area contributed by atoms with Crippen molar-refractivity contribution in [2.24, 2.45) is 0 Å². The van der Waals surface area contributed by atoms with Crippen LogP contribution in [0.1, 0.15) is 11.3 Å². The number of aryl methyl sites for hydroxylation is 1. The zero-order chi connectivity index (χ0) is 22.8. The molecule has 0 amide bonds. The summed E-state index contributed by atoms with van der Waals surface area (Å²) in [6, 6.07) is 14.0. The summed E-state index contributed by atoms with van der Waals surface area (Å²) in [6.45, 7) is 1.98. The van der Waals surface area contributed by atoms with E-state index >= 15 is 4.39 Å². The van der Waals surface area contributed by atoms with Gasteiger partial charge in [0, 0.05) is 47.3 Å². The summed E-state index contributed by atoms with van der Waals surface area (Å²) < 4.78 is 29.8. The average molecular weight is 440 g/mol. The summed E-state index contributed by atoms with van der Waals surface area (Å²) in [5, 5.41) is 3.80. The molecule has 0 saturated carbocycles. The number of hydrogen-bond donors (Lipinski definition) is 1. The van der Waals surface area contributed by atoms with E-state index in [4.69, 9.17) is 0 Å². The Balaban J connectivity index is 1.37. The average Bonchev–Trinajstić information content (AvgIpc) is 2.83. The van der Waals surface area contributed by atoms with Crippen LogP contribution in [0.2, 0.25) is 0 Å². The van der Waals surface area contributed by atoms with Gasteiger partial charge in [-0.2, -0.15) is 0 Å². The highest BCUT2D eigenvalue weighted by Crippen LogP contribution is 2.27. The van der Waals surface area contributed by atoms with Gasteiger partial charge in [-0.3, -0.25) is 15.0 Å². The van der Waals surface area contributed by atoms with E-state index in [2.05, 4.69) is 30.2 Å². The van der Waals surface area contributed by atoms with Crippen LogP contribution in [0, 0.1) is 18.6 Å². The fourth-order valence-corrected chi connectivity index (χ4v) is 3.58. The number of nitrogens with zero attached hydrogens (tertiary/aromatic N) is 5. The maximum atomic E-state index is 15.2. The summed E-state index contributed by atoms with van der Waals surface area (Å²) in [5.41, 5.74) is 3.82. The predicted molar refractivity (Wildman–Crippen MR) is 122 cm³/mol. The van der Waals surface area contributed by atoms with Gasteiger partial charge in [0.1, 0.15) is 23.5 Å². The van der Waals surface area contributed by atoms with E-state index in [1.54, 1.807) is 36.8 Å². The van der Waals surface area contributed by atoms with Gasteiger partial charge in [-0.25, -0.2) is 18.7 Å². The Bertz CT molecular complexity index is 1470. The van der Waals surface area contributed by atoms with Gasteiger partial charge in [-0.15, -0.1) is 0 Å². The fourth-order valence-electron chi connectivity index (χ4n) is 3.58. The first-order valence-corrected chi connectivity index (χ1v) is 10.3. The first kappa shape index (κ1) is 20.6. The maximum absolute atomic E-state index is 15.2. The molecule has 33 heavy (non-hydrogen) atoms. The van der Waals surface area contributed by atoms with Crippen LogP contribution in [0.3, 0.4) is 0 Å². The minimum absolute atomic E-state index is 0.0283. The van der Waals surface area contributed by atoms with Gasteiger partial charge in [0.2, 0.25) is 0 Å². The normalized spacial score (nSPS) is 11.0. The van der Waals surface area contributed by atoms with E-state index in [1.165, 1.54) is 12.4 Å². The van der Waals surface area contributed by atoms with E-state index in [9.17, 15) is 4.39 Å². The van der Waals surface area contributed by atoms with Gasteiger partial charge in [0.05, 0.1) is 5.52 Å². The van der Waals surface area contributed by atoms with Crippen molar-refractivity contribution in [1.82, 2.24) is 24.9 Å². The Hall–Kier alpha value is -4.33. The van der Waals surface area contributed by atoms with Crippen molar-refractivity contribution in [2.75, 3.05) is 5.32 Å². The largest absolute Gasteiger partial charge is 0.363 e. The zero-order valence-electron chi connectivity index (χ0n) is 17.6. The highest BCUT2D eigenvalue weighted by atomic mass is 19.1. The molecule has 0 radical (unpaired) electrons. The molecule has 0 spiro atoms. The molecule has 0 atom stereocenters. The number of anilines is 1. The molecule has 4 aromatic heterocycles. The van der Waals surface area contributed by atoms with Crippen molar-refractivity contribution in [3.05, 3.63) is 96.3 Å². The van der Waals surface area contributed by atoms with E-state index in [0.717, 1.165) is 16.6 Å². The lowest BCUT2D eigenvalue weighted by Gasteiger charge is -2.10. The zero-order valence-corrected chi connectivity index (χ0v) is 17.6. The van der Waals surface area contributed by atoms with Crippen molar-refractivity contribution in [3.8, 4) is 22.5 Å². The van der Waals surface area contributed by atoms with Crippen molar-refractivity contribution < 1.29 is 8.78 Å². The van der Waals surface area contributed by atoms with Crippen LogP contribution in [-0.2, 0) is 6.54 Å². The first-order valence-electron chi connectivity index (χ1n) is 10.3. The summed E-state index contributed by atoms with van der Waals surface area (Å²) in [6.07, 6.45) is 6.17. The molecular weight excluding hydrogens is 422 g/mol. The molecule has 0 aliphatic rings. The monoisotopic (exact) mass is 440 g/mol. The molecule has 0 aliphatic heterocycles. The standard InChI is InChI=1S/C25H18F2N6/c1-15-9-19(6-8-28-15)23-20(26)10-16(12-30-23)13-31-25-22(27)24(32-14-33-25)18-4-5-21-17(11-18)3-2-7-29-21/h2-12,14H,13H2,1H3,(H,31,32,33). The van der Waals surface area contributed by atoms with Gasteiger partial charge in [0.15, 0.2) is 11.6 Å². The number of pyridine rings is 3. The molecule has 0 aliphatic carbocycles. The number of halogens is 2. The van der Waals surface area contributed by atoms with E-state index in [1.807, 2.05) is 31.2 Å². The van der Waals surface area contributed by atoms with E-state index < -0.39 is 11.6 Å². The van der Waals surface area contributed by atoms with Crippen molar-refractivity contribution in [1.29, 1.82) is 0 Å². The van der Waals surface area contributed by atoms with Crippen LogP contribution < -0.4 is 5.32 Å². The molecule has 6 nitrogen and oxygen atoms in total. The van der Waals surface area contributed by atoms with Crippen LogP contribution in [-0.4, -0.2) is 24.9 Å². The van der Waals surface area contributed by atoms with Crippen LogP contribution in [0.5, 0.6) is 0 Å². The minimum Gasteiger partial charge on any atom is -0.363 e. The number of aromatic nitrogens is 5. The lowest BCUT2D eigenvalue weighted by molar-refractivity contribution is 0.619. The smallest absolute Gasteiger partial charge is 0.191 e. The third-order valence-corrected chi connectivity index (χ3v) is 5.19. The predicted octanol–water partition coefficient (Wildman–Crippen LogP) is 5.35. The Morgan fingerprint density at radius 1 is 0.818 bits per heavy atom.